The summed E-state index contributed by atoms with van der Waals surface area (Å²) >= 11 is 0. The van der Waals surface area contributed by atoms with Crippen LogP contribution in [0.25, 0.3) is 0 Å². The van der Waals surface area contributed by atoms with Crippen molar-refractivity contribution in [1.29, 1.82) is 0 Å². The molecule has 86 valence electrons. The second-order valence-corrected chi connectivity index (χ2v) is 4.57. The summed E-state index contributed by atoms with van der Waals surface area (Å²) in [6.07, 6.45) is 5.61. The highest BCUT2D eigenvalue weighted by Crippen LogP contribution is 2.30. The molecule has 0 aromatic rings. The molecular weight excluding hydrogens is 192 g/mol. The second kappa shape index (κ2) is 4.84. The van der Waals surface area contributed by atoms with Crippen LogP contribution < -0.4 is 5.32 Å². The van der Waals surface area contributed by atoms with E-state index in [0.29, 0.717) is 24.9 Å². The van der Waals surface area contributed by atoms with E-state index in [4.69, 9.17) is 5.11 Å². The van der Waals surface area contributed by atoms with Crippen LogP contribution in [-0.4, -0.2) is 41.8 Å². The number of hydrogen-bond donors (Lipinski definition) is 2. The lowest BCUT2D eigenvalue weighted by atomic mass is 9.82. The summed E-state index contributed by atoms with van der Waals surface area (Å²) in [5, 5.41) is 11.8. The fourth-order valence-corrected chi connectivity index (χ4v) is 2.82. The van der Waals surface area contributed by atoms with Gasteiger partial charge in [0.05, 0.1) is 0 Å². The van der Waals surface area contributed by atoms with E-state index in [-0.39, 0.29) is 12.6 Å². The van der Waals surface area contributed by atoms with Crippen LogP contribution in [0.3, 0.4) is 0 Å². The molecule has 1 aliphatic heterocycles. The zero-order valence-corrected chi connectivity index (χ0v) is 9.11. The number of hydrogen-bond acceptors (Lipinski definition) is 2. The van der Waals surface area contributed by atoms with E-state index in [1.165, 1.54) is 19.3 Å². The van der Waals surface area contributed by atoms with Gasteiger partial charge in [-0.05, 0) is 25.2 Å². The minimum absolute atomic E-state index is 0.0617. The Hall–Kier alpha value is -0.770. The number of aliphatic hydroxyl groups is 1. The summed E-state index contributed by atoms with van der Waals surface area (Å²) in [5.74, 6) is 0.634. The second-order valence-electron chi connectivity index (χ2n) is 4.57. The Morgan fingerprint density at radius 2 is 2.20 bits per heavy atom. The molecule has 0 aromatic carbocycles. The highest BCUT2D eigenvalue weighted by Gasteiger charge is 2.36. The molecule has 2 unspecified atom stereocenters. The number of nitrogens with zero attached hydrogens (tertiary/aromatic N) is 1. The first kappa shape index (κ1) is 10.7. The highest BCUT2D eigenvalue weighted by molar-refractivity contribution is 5.75. The first-order valence-corrected chi connectivity index (χ1v) is 5.98. The molecule has 0 bridgehead atoms. The van der Waals surface area contributed by atoms with E-state index < -0.39 is 0 Å². The van der Waals surface area contributed by atoms with Gasteiger partial charge < -0.3 is 15.3 Å². The molecule has 2 amide bonds. The van der Waals surface area contributed by atoms with Gasteiger partial charge in [-0.15, -0.1) is 0 Å². The largest absolute Gasteiger partial charge is 0.396 e. The standard InChI is InChI=1S/C11H20N2O2/c14-7-3-6-13-10-5-2-1-4-9(10)8-12-11(13)15/h9-10,14H,1-8H2,(H,12,15). The molecule has 15 heavy (non-hydrogen) atoms. The Bertz CT molecular complexity index is 233. The molecule has 2 rings (SSSR count). The van der Waals surface area contributed by atoms with E-state index in [1.54, 1.807) is 0 Å². The van der Waals surface area contributed by atoms with E-state index >= 15 is 0 Å². The normalized spacial score (nSPS) is 31.0. The van der Waals surface area contributed by atoms with Gasteiger partial charge in [0.15, 0.2) is 0 Å². The van der Waals surface area contributed by atoms with Crippen LogP contribution in [0.5, 0.6) is 0 Å². The molecule has 0 spiro atoms. The fourth-order valence-electron chi connectivity index (χ4n) is 2.82. The minimum atomic E-state index is 0.0617. The number of fused-ring (bicyclic) bond motifs is 1. The number of carbonyl (C=O) groups is 1. The first-order valence-electron chi connectivity index (χ1n) is 5.98. The maximum atomic E-state index is 11.7. The smallest absolute Gasteiger partial charge is 0.317 e. The molecule has 2 N–H and O–H groups in total. The molecule has 1 heterocycles. The number of nitrogens with one attached hydrogen (secondary N) is 1. The monoisotopic (exact) mass is 212 g/mol. The third kappa shape index (κ3) is 2.25. The van der Waals surface area contributed by atoms with Crippen LogP contribution >= 0.6 is 0 Å². The average Bonchev–Trinajstić information content (AvgIpc) is 2.28. The van der Waals surface area contributed by atoms with E-state index in [9.17, 15) is 4.79 Å². The summed E-state index contributed by atoms with van der Waals surface area (Å²) in [7, 11) is 0. The van der Waals surface area contributed by atoms with Crippen molar-refractivity contribution < 1.29 is 9.90 Å². The molecular formula is C11H20N2O2. The molecule has 0 radical (unpaired) electrons. The number of aliphatic hydroxyl groups excluding tert-OH is 1. The maximum Gasteiger partial charge on any atom is 0.317 e. The first-order chi connectivity index (χ1) is 7.33. The van der Waals surface area contributed by atoms with Crippen LogP contribution in [0.4, 0.5) is 4.79 Å². The van der Waals surface area contributed by atoms with E-state index in [1.807, 2.05) is 4.90 Å². The Morgan fingerprint density at radius 1 is 1.40 bits per heavy atom. The topological polar surface area (TPSA) is 52.6 Å². The van der Waals surface area contributed by atoms with Crippen LogP contribution in [0.2, 0.25) is 0 Å². The van der Waals surface area contributed by atoms with Crippen molar-refractivity contribution in [1.82, 2.24) is 10.2 Å². The molecule has 1 saturated carbocycles. The maximum absolute atomic E-state index is 11.7. The fraction of sp³-hybridized carbons (Fsp3) is 0.909. The lowest BCUT2D eigenvalue weighted by Gasteiger charge is -2.44. The SMILES string of the molecule is O=C1NCC2CCCCC2N1CCCO. The van der Waals surface area contributed by atoms with Gasteiger partial charge in [-0.25, -0.2) is 4.79 Å². The molecule has 0 aromatic heterocycles. The Kier molecular flexibility index (Phi) is 3.46. The average molecular weight is 212 g/mol. The van der Waals surface area contributed by atoms with Gasteiger partial charge in [0, 0.05) is 25.7 Å². The van der Waals surface area contributed by atoms with Gasteiger partial charge in [0.2, 0.25) is 0 Å². The Balaban J connectivity index is 1.99. The van der Waals surface area contributed by atoms with Crippen molar-refractivity contribution in [2.24, 2.45) is 5.92 Å². The van der Waals surface area contributed by atoms with E-state index in [0.717, 1.165) is 13.0 Å². The van der Waals surface area contributed by atoms with E-state index in [2.05, 4.69) is 5.32 Å². The van der Waals surface area contributed by atoms with Crippen molar-refractivity contribution in [2.45, 2.75) is 38.1 Å². The van der Waals surface area contributed by atoms with Crippen LogP contribution in [-0.2, 0) is 0 Å². The molecule has 1 saturated heterocycles. The number of carbonyl (C=O) groups excluding carboxylic acids is 1. The molecule has 2 aliphatic rings. The van der Waals surface area contributed by atoms with Crippen molar-refractivity contribution in [2.75, 3.05) is 19.7 Å². The molecule has 4 heteroatoms. The van der Waals surface area contributed by atoms with Gasteiger partial charge in [-0.1, -0.05) is 12.8 Å². The summed E-state index contributed by atoms with van der Waals surface area (Å²) in [6.45, 7) is 1.71. The summed E-state index contributed by atoms with van der Waals surface area (Å²) in [5.41, 5.74) is 0. The van der Waals surface area contributed by atoms with Crippen molar-refractivity contribution in [3.63, 3.8) is 0 Å². The lowest BCUT2D eigenvalue weighted by Crippen LogP contribution is -2.58. The summed E-state index contributed by atoms with van der Waals surface area (Å²) < 4.78 is 0. The number of rotatable bonds is 3. The van der Waals surface area contributed by atoms with Gasteiger partial charge in [0.25, 0.3) is 0 Å². The Morgan fingerprint density at radius 3 is 3.00 bits per heavy atom. The van der Waals surface area contributed by atoms with Gasteiger partial charge in [0.1, 0.15) is 0 Å². The predicted molar refractivity (Wildman–Crippen MR) is 57.6 cm³/mol. The third-order valence-corrected chi connectivity index (χ3v) is 3.60. The van der Waals surface area contributed by atoms with Crippen LogP contribution in [0.15, 0.2) is 0 Å². The summed E-state index contributed by atoms with van der Waals surface area (Å²) in [4.78, 5) is 13.6. The molecule has 4 nitrogen and oxygen atoms in total. The lowest BCUT2D eigenvalue weighted by molar-refractivity contribution is 0.0897. The van der Waals surface area contributed by atoms with Crippen molar-refractivity contribution in [3.05, 3.63) is 0 Å². The highest BCUT2D eigenvalue weighted by atomic mass is 16.3. The van der Waals surface area contributed by atoms with Gasteiger partial charge >= 0.3 is 6.03 Å². The third-order valence-electron chi connectivity index (χ3n) is 3.60. The predicted octanol–water partition coefficient (Wildman–Crippen LogP) is 0.953. The Labute approximate surface area is 90.6 Å². The number of urea groups is 1. The van der Waals surface area contributed by atoms with Gasteiger partial charge in [-0.2, -0.15) is 0 Å². The minimum Gasteiger partial charge on any atom is -0.396 e. The van der Waals surface area contributed by atoms with Crippen molar-refractivity contribution >= 4 is 6.03 Å². The summed E-state index contributed by atoms with van der Waals surface area (Å²) in [6, 6.07) is 0.491. The molecule has 2 atom stereocenters. The van der Waals surface area contributed by atoms with Crippen LogP contribution in [0, 0.1) is 5.92 Å². The van der Waals surface area contributed by atoms with Crippen molar-refractivity contribution in [3.8, 4) is 0 Å². The zero-order valence-electron chi connectivity index (χ0n) is 9.11. The zero-order chi connectivity index (χ0) is 10.7. The van der Waals surface area contributed by atoms with Gasteiger partial charge in [-0.3, -0.25) is 0 Å². The molecule has 1 aliphatic carbocycles. The quantitative estimate of drug-likeness (QED) is 0.732. The van der Waals surface area contributed by atoms with Crippen LogP contribution in [0.1, 0.15) is 32.1 Å². The molecule has 2 fully saturated rings. The number of amides is 2.